The number of para-hydroxylation sites is 1. The molecule has 2 aromatic carbocycles. The van der Waals surface area contributed by atoms with Crippen LogP contribution >= 0.6 is 23.2 Å². The summed E-state index contributed by atoms with van der Waals surface area (Å²) in [6.07, 6.45) is 2.85. The van der Waals surface area contributed by atoms with E-state index in [0.717, 1.165) is 5.56 Å². The second-order valence-corrected chi connectivity index (χ2v) is 6.10. The molecule has 27 heavy (non-hydrogen) atoms. The highest BCUT2D eigenvalue weighted by Gasteiger charge is 2.11. The van der Waals surface area contributed by atoms with Crippen molar-refractivity contribution in [3.8, 4) is 5.75 Å². The van der Waals surface area contributed by atoms with Crippen LogP contribution in [0.1, 0.15) is 11.1 Å². The van der Waals surface area contributed by atoms with Crippen LogP contribution < -0.4 is 15.5 Å². The van der Waals surface area contributed by atoms with E-state index >= 15 is 0 Å². The molecule has 140 valence electrons. The molecule has 2 amide bonds. The Labute approximate surface area is 166 Å². The quantitative estimate of drug-likeness (QED) is 0.321. The summed E-state index contributed by atoms with van der Waals surface area (Å²) in [6, 6.07) is 12.3. The fourth-order valence-corrected chi connectivity index (χ4v) is 2.43. The third-order valence-corrected chi connectivity index (χ3v) is 3.89. The molecule has 0 saturated carbocycles. The highest BCUT2D eigenvalue weighted by atomic mass is 35.5. The van der Waals surface area contributed by atoms with Gasteiger partial charge in [-0.1, -0.05) is 47.5 Å². The summed E-state index contributed by atoms with van der Waals surface area (Å²) in [4.78, 5) is 23.0. The van der Waals surface area contributed by atoms with Crippen molar-refractivity contribution in [1.29, 1.82) is 0 Å². The van der Waals surface area contributed by atoms with Crippen molar-refractivity contribution in [2.45, 2.75) is 6.61 Å². The number of hydrogen-bond donors (Lipinski definition) is 2. The van der Waals surface area contributed by atoms with Crippen molar-refractivity contribution in [2.75, 3.05) is 6.54 Å². The second kappa shape index (κ2) is 10.4. The van der Waals surface area contributed by atoms with Crippen LogP contribution in [0.5, 0.6) is 5.75 Å². The number of nitrogens with zero attached hydrogens (tertiary/aromatic N) is 1. The second-order valence-electron chi connectivity index (χ2n) is 5.26. The van der Waals surface area contributed by atoms with Gasteiger partial charge in [0.05, 0.1) is 6.21 Å². The number of rotatable bonds is 7. The van der Waals surface area contributed by atoms with Crippen LogP contribution in [0.25, 0.3) is 0 Å². The van der Waals surface area contributed by atoms with Crippen molar-refractivity contribution in [3.05, 3.63) is 76.3 Å². The van der Waals surface area contributed by atoms with Gasteiger partial charge in [-0.3, -0.25) is 9.59 Å². The zero-order valence-corrected chi connectivity index (χ0v) is 15.8. The third kappa shape index (κ3) is 6.44. The van der Waals surface area contributed by atoms with Crippen molar-refractivity contribution < 1.29 is 14.3 Å². The van der Waals surface area contributed by atoms with Crippen LogP contribution in [0.3, 0.4) is 0 Å². The van der Waals surface area contributed by atoms with Crippen LogP contribution in [0.15, 0.2) is 60.2 Å². The molecular weight excluding hydrogens is 389 g/mol. The average molecular weight is 406 g/mol. The number of ether oxygens (including phenoxy) is 1. The Balaban J connectivity index is 1.99. The topological polar surface area (TPSA) is 79.8 Å². The molecule has 0 aliphatic rings. The van der Waals surface area contributed by atoms with Gasteiger partial charge in [-0.2, -0.15) is 5.10 Å². The molecule has 0 aliphatic heterocycles. The molecule has 8 heteroatoms. The van der Waals surface area contributed by atoms with Crippen molar-refractivity contribution >= 4 is 41.2 Å². The van der Waals surface area contributed by atoms with Crippen LogP contribution in [-0.2, 0) is 16.2 Å². The van der Waals surface area contributed by atoms with Gasteiger partial charge in [0, 0.05) is 27.7 Å². The van der Waals surface area contributed by atoms with Crippen LogP contribution in [0.2, 0.25) is 10.0 Å². The fourth-order valence-electron chi connectivity index (χ4n) is 1.97. The van der Waals surface area contributed by atoms with Gasteiger partial charge in [0.2, 0.25) is 0 Å². The lowest BCUT2D eigenvalue weighted by molar-refractivity contribution is -0.139. The summed E-state index contributed by atoms with van der Waals surface area (Å²) in [6.45, 7) is 3.88. The van der Waals surface area contributed by atoms with E-state index in [-0.39, 0.29) is 13.2 Å². The lowest BCUT2D eigenvalue weighted by atomic mass is 10.2. The van der Waals surface area contributed by atoms with E-state index in [4.69, 9.17) is 27.9 Å². The molecule has 0 unspecified atom stereocenters. The molecule has 0 heterocycles. The summed E-state index contributed by atoms with van der Waals surface area (Å²) >= 11 is 12.0. The maximum atomic E-state index is 11.6. The van der Waals surface area contributed by atoms with Gasteiger partial charge in [0.1, 0.15) is 12.4 Å². The minimum Gasteiger partial charge on any atom is -0.488 e. The van der Waals surface area contributed by atoms with Crippen LogP contribution in [-0.4, -0.2) is 24.6 Å². The standard InChI is InChI=1S/C19H17Cl2N3O3/c1-2-9-22-18(25)19(26)24-23-11-13-5-3-4-6-17(13)27-12-14-7-8-15(20)10-16(14)21/h2-8,10-11H,1,9,12H2,(H,22,25)(H,24,26)/b23-11-. The van der Waals surface area contributed by atoms with Crippen LogP contribution in [0, 0.1) is 0 Å². The highest BCUT2D eigenvalue weighted by Crippen LogP contribution is 2.23. The third-order valence-electron chi connectivity index (χ3n) is 3.30. The molecule has 0 spiro atoms. The Bertz CT molecular complexity index is 869. The number of nitrogens with one attached hydrogen (secondary N) is 2. The Morgan fingerprint density at radius 3 is 2.67 bits per heavy atom. The Morgan fingerprint density at radius 1 is 1.15 bits per heavy atom. The Hall–Kier alpha value is -2.83. The number of amides is 2. The summed E-state index contributed by atoms with van der Waals surface area (Å²) in [5.41, 5.74) is 3.55. The van der Waals surface area contributed by atoms with Gasteiger partial charge < -0.3 is 10.1 Å². The Morgan fingerprint density at radius 2 is 1.93 bits per heavy atom. The van der Waals surface area contributed by atoms with E-state index in [9.17, 15) is 9.59 Å². The van der Waals surface area contributed by atoms with E-state index in [2.05, 4.69) is 22.4 Å². The smallest absolute Gasteiger partial charge is 0.329 e. The molecule has 0 saturated heterocycles. The first-order valence-electron chi connectivity index (χ1n) is 7.89. The van der Waals surface area contributed by atoms with E-state index in [0.29, 0.717) is 21.4 Å². The van der Waals surface area contributed by atoms with Gasteiger partial charge >= 0.3 is 11.8 Å². The number of hydrogen-bond acceptors (Lipinski definition) is 4. The largest absolute Gasteiger partial charge is 0.488 e. The number of halogens is 2. The van der Waals surface area contributed by atoms with E-state index in [1.807, 2.05) is 0 Å². The molecule has 2 N–H and O–H groups in total. The molecule has 6 nitrogen and oxygen atoms in total. The first-order valence-corrected chi connectivity index (χ1v) is 8.64. The average Bonchev–Trinajstić information content (AvgIpc) is 2.66. The maximum absolute atomic E-state index is 11.6. The minimum atomic E-state index is -0.876. The van der Waals surface area contributed by atoms with E-state index < -0.39 is 11.8 Å². The zero-order chi connectivity index (χ0) is 19.6. The fraction of sp³-hybridized carbons (Fsp3) is 0.105. The van der Waals surface area contributed by atoms with E-state index in [1.165, 1.54) is 12.3 Å². The van der Waals surface area contributed by atoms with E-state index in [1.54, 1.807) is 42.5 Å². The number of carbonyl (C=O) groups is 2. The van der Waals surface area contributed by atoms with Gasteiger partial charge in [-0.05, 0) is 24.3 Å². The van der Waals surface area contributed by atoms with Gasteiger partial charge in [0.15, 0.2) is 0 Å². The van der Waals surface area contributed by atoms with Gasteiger partial charge in [0.25, 0.3) is 0 Å². The van der Waals surface area contributed by atoms with Crippen molar-refractivity contribution in [3.63, 3.8) is 0 Å². The molecule has 0 bridgehead atoms. The molecular formula is C19H17Cl2N3O3. The van der Waals surface area contributed by atoms with Crippen LogP contribution in [0.4, 0.5) is 0 Å². The highest BCUT2D eigenvalue weighted by molar-refractivity contribution is 6.35. The normalized spacial score (nSPS) is 10.4. The summed E-state index contributed by atoms with van der Waals surface area (Å²) < 4.78 is 5.78. The van der Waals surface area contributed by atoms with Crippen molar-refractivity contribution in [1.82, 2.24) is 10.7 Å². The number of benzene rings is 2. The lowest BCUT2D eigenvalue weighted by Crippen LogP contribution is -2.37. The molecule has 0 aromatic heterocycles. The molecule has 2 rings (SSSR count). The Kier molecular flexibility index (Phi) is 7.85. The molecule has 0 radical (unpaired) electrons. The number of hydrazone groups is 1. The minimum absolute atomic E-state index is 0.194. The number of carbonyl (C=O) groups excluding carboxylic acids is 2. The lowest BCUT2D eigenvalue weighted by Gasteiger charge is -2.10. The predicted octanol–water partition coefficient (Wildman–Crippen LogP) is 3.32. The molecule has 0 fully saturated rings. The maximum Gasteiger partial charge on any atom is 0.329 e. The first kappa shape index (κ1) is 20.5. The summed E-state index contributed by atoms with van der Waals surface area (Å²) in [7, 11) is 0. The zero-order valence-electron chi connectivity index (χ0n) is 14.2. The molecule has 2 aromatic rings. The predicted molar refractivity (Wildman–Crippen MR) is 106 cm³/mol. The molecule has 0 atom stereocenters. The van der Waals surface area contributed by atoms with Gasteiger partial charge in [-0.15, -0.1) is 6.58 Å². The van der Waals surface area contributed by atoms with Crippen molar-refractivity contribution in [2.24, 2.45) is 5.10 Å². The SMILES string of the molecule is C=CCNC(=O)C(=O)N/N=C\c1ccccc1OCc1ccc(Cl)cc1Cl. The summed E-state index contributed by atoms with van der Waals surface area (Å²) in [5, 5.41) is 7.18. The van der Waals surface area contributed by atoms with Gasteiger partial charge in [-0.25, -0.2) is 5.43 Å². The summed E-state index contributed by atoms with van der Waals surface area (Å²) in [5.74, 6) is -1.13. The first-order chi connectivity index (χ1) is 13.0. The monoisotopic (exact) mass is 405 g/mol. The molecule has 0 aliphatic carbocycles.